The number of hydrogen-bond donors (Lipinski definition) is 0. The standard InChI is InChI=1S/C24H31NO2/c1-4-6-8-9-13-20-15-17-21(18-16-20)23-25-22(24(26)27-23)14-10-12-19(3)11-7-5-2/h5,7,11,14-18H,4,6,8-10,12-13H2,1-3H3/b7-5-,19-11+,22-14-. The average Bonchev–Trinajstić information content (AvgIpc) is 3.05. The molecule has 1 aliphatic rings. The van der Waals surface area contributed by atoms with Gasteiger partial charge in [0.2, 0.25) is 5.90 Å². The van der Waals surface area contributed by atoms with Crippen molar-refractivity contribution < 1.29 is 9.53 Å². The van der Waals surface area contributed by atoms with Gasteiger partial charge in [0.1, 0.15) is 5.70 Å². The van der Waals surface area contributed by atoms with Crippen molar-refractivity contribution in [3.8, 4) is 0 Å². The van der Waals surface area contributed by atoms with Crippen molar-refractivity contribution in [2.75, 3.05) is 0 Å². The molecule has 1 aromatic carbocycles. The minimum Gasteiger partial charge on any atom is -0.402 e. The SMILES string of the molecule is C/C=C\C=C(/C)CC/C=C1\N=C(c2ccc(CCCCCC)cc2)OC1=O. The van der Waals surface area contributed by atoms with Gasteiger partial charge in [0.05, 0.1) is 0 Å². The van der Waals surface area contributed by atoms with E-state index in [4.69, 9.17) is 4.74 Å². The summed E-state index contributed by atoms with van der Waals surface area (Å²) in [7, 11) is 0. The number of esters is 1. The molecule has 0 aromatic heterocycles. The first kappa shape index (κ1) is 20.9. The third-order valence-electron chi connectivity index (χ3n) is 4.59. The van der Waals surface area contributed by atoms with E-state index in [9.17, 15) is 4.79 Å². The van der Waals surface area contributed by atoms with Crippen molar-refractivity contribution >= 4 is 11.9 Å². The van der Waals surface area contributed by atoms with Gasteiger partial charge in [-0.25, -0.2) is 9.79 Å². The molecule has 0 N–H and O–H groups in total. The maximum Gasteiger partial charge on any atom is 0.363 e. The van der Waals surface area contributed by atoms with Gasteiger partial charge >= 0.3 is 5.97 Å². The maximum atomic E-state index is 12.0. The summed E-state index contributed by atoms with van der Waals surface area (Å²) < 4.78 is 5.35. The van der Waals surface area contributed by atoms with E-state index in [1.54, 1.807) is 0 Å². The Hall–Kier alpha value is -2.42. The van der Waals surface area contributed by atoms with Crippen molar-refractivity contribution in [1.29, 1.82) is 0 Å². The first-order valence-corrected chi connectivity index (χ1v) is 10.0. The number of carbonyl (C=O) groups excluding carboxylic acids is 1. The zero-order chi connectivity index (χ0) is 19.5. The fraction of sp³-hybridized carbons (Fsp3) is 0.417. The number of cyclic esters (lactones) is 1. The smallest absolute Gasteiger partial charge is 0.363 e. The van der Waals surface area contributed by atoms with E-state index in [1.165, 1.54) is 36.8 Å². The minimum absolute atomic E-state index is 0.358. The van der Waals surface area contributed by atoms with Gasteiger partial charge in [-0.3, -0.25) is 0 Å². The second kappa shape index (κ2) is 11.3. The first-order valence-electron chi connectivity index (χ1n) is 10.0. The summed E-state index contributed by atoms with van der Waals surface area (Å²) in [6, 6.07) is 8.20. The van der Waals surface area contributed by atoms with Gasteiger partial charge in [0.15, 0.2) is 0 Å². The number of benzene rings is 1. The van der Waals surface area contributed by atoms with Gasteiger partial charge in [-0.2, -0.15) is 0 Å². The lowest BCUT2D eigenvalue weighted by molar-refractivity contribution is -0.130. The van der Waals surface area contributed by atoms with Crippen molar-refractivity contribution in [2.45, 2.75) is 65.7 Å². The van der Waals surface area contributed by atoms with Crippen LogP contribution in [0, 0.1) is 0 Å². The topological polar surface area (TPSA) is 38.7 Å². The highest BCUT2D eigenvalue weighted by molar-refractivity contribution is 6.11. The molecule has 1 aromatic rings. The lowest BCUT2D eigenvalue weighted by Gasteiger charge is -2.03. The molecule has 0 amide bonds. The van der Waals surface area contributed by atoms with Crippen molar-refractivity contribution in [3.05, 3.63) is 71.0 Å². The molecule has 0 saturated heterocycles. The number of rotatable bonds is 10. The van der Waals surface area contributed by atoms with Crippen LogP contribution in [0.25, 0.3) is 0 Å². The Morgan fingerprint density at radius 1 is 1.15 bits per heavy atom. The summed E-state index contributed by atoms with van der Waals surface area (Å²) in [6.07, 6.45) is 15.8. The highest BCUT2D eigenvalue weighted by Gasteiger charge is 2.23. The summed E-state index contributed by atoms with van der Waals surface area (Å²) in [6.45, 7) is 6.31. The van der Waals surface area contributed by atoms with E-state index in [1.807, 2.05) is 37.3 Å². The molecule has 0 fully saturated rings. The number of carbonyl (C=O) groups is 1. The summed E-state index contributed by atoms with van der Waals surface area (Å²) in [5, 5.41) is 0. The van der Waals surface area contributed by atoms with Crippen LogP contribution in [0.1, 0.15) is 70.4 Å². The van der Waals surface area contributed by atoms with E-state index < -0.39 is 0 Å². The van der Waals surface area contributed by atoms with E-state index >= 15 is 0 Å². The highest BCUT2D eigenvalue weighted by Crippen LogP contribution is 2.19. The maximum absolute atomic E-state index is 12.0. The lowest BCUT2D eigenvalue weighted by atomic mass is 10.0. The lowest BCUT2D eigenvalue weighted by Crippen LogP contribution is -2.05. The second-order valence-corrected chi connectivity index (χ2v) is 6.98. The van der Waals surface area contributed by atoms with Crippen LogP contribution in [0.4, 0.5) is 0 Å². The first-order chi connectivity index (χ1) is 13.1. The minimum atomic E-state index is -0.358. The normalized spacial score (nSPS) is 16.3. The van der Waals surface area contributed by atoms with Crippen LogP contribution in [0.15, 0.2) is 64.8 Å². The molecule has 144 valence electrons. The molecule has 0 atom stereocenters. The van der Waals surface area contributed by atoms with Gasteiger partial charge in [0.25, 0.3) is 0 Å². The molecule has 2 rings (SSSR count). The third kappa shape index (κ3) is 7.01. The fourth-order valence-corrected chi connectivity index (χ4v) is 2.92. The van der Waals surface area contributed by atoms with Crippen molar-refractivity contribution in [3.63, 3.8) is 0 Å². The zero-order valence-corrected chi connectivity index (χ0v) is 16.8. The van der Waals surface area contributed by atoms with Crippen LogP contribution in [0.5, 0.6) is 0 Å². The Morgan fingerprint density at radius 3 is 2.63 bits per heavy atom. The van der Waals surface area contributed by atoms with Gasteiger partial charge < -0.3 is 4.74 Å². The Labute approximate surface area is 163 Å². The quantitative estimate of drug-likeness (QED) is 0.211. The Morgan fingerprint density at radius 2 is 1.93 bits per heavy atom. The Kier molecular flexibility index (Phi) is 8.76. The highest BCUT2D eigenvalue weighted by atomic mass is 16.6. The van der Waals surface area contributed by atoms with E-state index in [2.05, 4.69) is 37.0 Å². The number of nitrogens with zero attached hydrogens (tertiary/aromatic N) is 1. The number of allylic oxidation sites excluding steroid dienone is 5. The third-order valence-corrected chi connectivity index (χ3v) is 4.59. The molecule has 0 unspecified atom stereocenters. The number of hydrogen-bond acceptors (Lipinski definition) is 3. The van der Waals surface area contributed by atoms with E-state index in [0.29, 0.717) is 11.6 Å². The van der Waals surface area contributed by atoms with Crippen LogP contribution in [-0.4, -0.2) is 11.9 Å². The predicted octanol–water partition coefficient (Wildman–Crippen LogP) is 6.30. The van der Waals surface area contributed by atoms with Gasteiger partial charge in [-0.15, -0.1) is 0 Å². The molecule has 1 aliphatic heterocycles. The number of aliphatic imine (C=N–C) groups is 1. The Balaban J connectivity index is 1.93. The molecule has 3 nitrogen and oxygen atoms in total. The van der Waals surface area contributed by atoms with Crippen molar-refractivity contribution in [2.24, 2.45) is 4.99 Å². The van der Waals surface area contributed by atoms with Crippen LogP contribution in [-0.2, 0) is 16.0 Å². The molecular formula is C24H31NO2. The molecule has 0 bridgehead atoms. The fourth-order valence-electron chi connectivity index (χ4n) is 2.92. The number of unbranched alkanes of at least 4 members (excludes halogenated alkanes) is 3. The number of ether oxygens (including phenoxy) is 1. The molecule has 27 heavy (non-hydrogen) atoms. The van der Waals surface area contributed by atoms with E-state index in [-0.39, 0.29) is 5.97 Å². The summed E-state index contributed by atoms with van der Waals surface area (Å²) in [4.78, 5) is 16.4. The predicted molar refractivity (Wildman–Crippen MR) is 113 cm³/mol. The monoisotopic (exact) mass is 365 g/mol. The molecule has 0 radical (unpaired) electrons. The number of aryl methyl sites for hydroxylation is 1. The summed E-state index contributed by atoms with van der Waals surface area (Å²) >= 11 is 0. The Bertz CT molecular complexity index is 736. The van der Waals surface area contributed by atoms with Crippen LogP contribution in [0.3, 0.4) is 0 Å². The van der Waals surface area contributed by atoms with Crippen LogP contribution < -0.4 is 0 Å². The molecule has 0 aliphatic carbocycles. The van der Waals surface area contributed by atoms with Gasteiger partial charge in [-0.05, 0) is 57.2 Å². The van der Waals surface area contributed by atoms with Crippen LogP contribution >= 0.6 is 0 Å². The summed E-state index contributed by atoms with van der Waals surface area (Å²) in [5.74, 6) is 0.0497. The summed E-state index contributed by atoms with van der Waals surface area (Å²) in [5.41, 5.74) is 3.86. The molecule has 1 heterocycles. The zero-order valence-electron chi connectivity index (χ0n) is 16.8. The van der Waals surface area contributed by atoms with Crippen molar-refractivity contribution in [1.82, 2.24) is 0 Å². The van der Waals surface area contributed by atoms with Crippen LogP contribution in [0.2, 0.25) is 0 Å². The van der Waals surface area contributed by atoms with Gasteiger partial charge in [-0.1, -0.05) is 68.2 Å². The second-order valence-electron chi connectivity index (χ2n) is 6.98. The van der Waals surface area contributed by atoms with E-state index in [0.717, 1.165) is 24.8 Å². The molecule has 0 spiro atoms. The van der Waals surface area contributed by atoms with Gasteiger partial charge in [0, 0.05) is 5.56 Å². The molecule has 3 heteroatoms. The average molecular weight is 366 g/mol. The largest absolute Gasteiger partial charge is 0.402 e. The molecule has 0 saturated carbocycles. The molecular weight excluding hydrogens is 334 g/mol.